The number of nitrogens with zero attached hydrogens (tertiary/aromatic N) is 1. The first-order valence-corrected chi connectivity index (χ1v) is 16.7. The van der Waals surface area contributed by atoms with E-state index in [4.69, 9.17) is 36.1 Å². The molecule has 3 aliphatic heterocycles. The van der Waals surface area contributed by atoms with Crippen molar-refractivity contribution in [3.63, 3.8) is 0 Å². The van der Waals surface area contributed by atoms with Crippen LogP contribution in [0.5, 0.6) is 0 Å². The SMILES string of the molecule is CN[C@@H]1[C@@H](O)[C@@H](O[C@@H]2[C@@H](O)[C@H](O[C@H]3OC(CNCCC4CNCCN4C)=CC[C@H]3N)[C@@H](N)C[C@H]2NC(=O)[C@@H](O)CCN)OC[C@]1(C)O. The summed E-state index contributed by atoms with van der Waals surface area (Å²) < 4.78 is 24.2. The standard InChI is InChI=1S/C30H58N8O9/c1-30(43)15-44-29(23(41)26(30)34-2)47-25-20(37-27(42)21(39)6-8-31)12-19(33)24(22(25)40)46-28-18(32)5-4-17(45-28)14-35-9-7-16-13-36-10-11-38(16)3/h4,16,18-26,28-29,34-36,39-41,43H,5-15,31-33H2,1-3H3,(H,37,42)/t16?,18-,19+,20-,21+,22+,23-,24-,25+,26-,28-,29-,30+/m1/s1. The average molecular weight is 675 g/mol. The first kappa shape index (κ1) is 38.3. The number of carbonyl (C=O) groups excluding carboxylic acids is 1. The highest BCUT2D eigenvalue weighted by Gasteiger charge is 2.52. The summed E-state index contributed by atoms with van der Waals surface area (Å²) in [4.78, 5) is 15.1. The van der Waals surface area contributed by atoms with E-state index in [1.807, 2.05) is 6.08 Å². The number of likely N-dealkylation sites (N-methyl/N-ethyl adjacent to an activating group) is 2. The maximum Gasteiger partial charge on any atom is 0.249 e. The normalized spacial score (nSPS) is 40.7. The Hall–Kier alpha value is -1.55. The molecule has 17 nitrogen and oxygen atoms in total. The van der Waals surface area contributed by atoms with Gasteiger partial charge in [0, 0.05) is 31.7 Å². The van der Waals surface area contributed by atoms with Gasteiger partial charge in [0.2, 0.25) is 12.2 Å². The van der Waals surface area contributed by atoms with Gasteiger partial charge in [-0.2, -0.15) is 0 Å². The Balaban J connectivity index is 1.41. The van der Waals surface area contributed by atoms with Gasteiger partial charge < -0.3 is 82.7 Å². The van der Waals surface area contributed by atoms with Crippen molar-refractivity contribution in [1.29, 1.82) is 0 Å². The number of piperazine rings is 1. The Morgan fingerprint density at radius 2 is 1.96 bits per heavy atom. The van der Waals surface area contributed by atoms with Crippen LogP contribution in [0.3, 0.4) is 0 Å². The molecule has 1 saturated carbocycles. The highest BCUT2D eigenvalue weighted by Crippen LogP contribution is 2.32. The molecule has 1 amide bonds. The molecule has 13 atom stereocenters. The lowest BCUT2D eigenvalue weighted by Gasteiger charge is -2.48. The second-order valence-corrected chi connectivity index (χ2v) is 13.5. The van der Waals surface area contributed by atoms with E-state index < -0.39 is 78.8 Å². The topological polar surface area (TPSA) is 264 Å². The number of rotatable bonds is 14. The number of ether oxygens (including phenoxy) is 4. The first-order valence-electron chi connectivity index (χ1n) is 16.7. The van der Waals surface area contributed by atoms with E-state index in [2.05, 4.69) is 33.2 Å². The highest BCUT2D eigenvalue weighted by atomic mass is 16.7. The molecule has 0 aromatic rings. The van der Waals surface area contributed by atoms with Gasteiger partial charge in [-0.3, -0.25) is 4.79 Å². The van der Waals surface area contributed by atoms with Crippen LogP contribution < -0.4 is 38.5 Å². The molecule has 4 aliphatic rings. The van der Waals surface area contributed by atoms with Crippen LogP contribution in [0, 0.1) is 0 Å². The molecule has 47 heavy (non-hydrogen) atoms. The van der Waals surface area contributed by atoms with Crippen molar-refractivity contribution in [2.75, 3.05) is 60.0 Å². The third-order valence-electron chi connectivity index (χ3n) is 9.64. The van der Waals surface area contributed by atoms with E-state index in [1.165, 1.54) is 6.92 Å². The number of aliphatic hydroxyl groups excluding tert-OH is 3. The molecule has 1 unspecified atom stereocenters. The van der Waals surface area contributed by atoms with E-state index in [1.54, 1.807) is 7.05 Å². The van der Waals surface area contributed by atoms with E-state index in [0.717, 1.165) is 32.6 Å². The third kappa shape index (κ3) is 9.79. The van der Waals surface area contributed by atoms with Gasteiger partial charge in [0.25, 0.3) is 0 Å². The molecule has 17 heteroatoms. The number of hydrogen-bond acceptors (Lipinski definition) is 16. The maximum atomic E-state index is 12.8. The minimum atomic E-state index is -1.44. The Labute approximate surface area is 276 Å². The fourth-order valence-corrected chi connectivity index (χ4v) is 6.75. The molecule has 1 aliphatic carbocycles. The van der Waals surface area contributed by atoms with Crippen molar-refractivity contribution < 1.29 is 44.2 Å². The summed E-state index contributed by atoms with van der Waals surface area (Å²) in [6.07, 6.45) is -5.09. The summed E-state index contributed by atoms with van der Waals surface area (Å²) in [5.74, 6) is -0.0401. The van der Waals surface area contributed by atoms with Crippen molar-refractivity contribution in [2.45, 2.75) is 112 Å². The molecule has 0 aromatic carbocycles. The number of hydrogen-bond donors (Lipinski definition) is 11. The molecule has 3 fully saturated rings. The number of carbonyl (C=O) groups is 1. The van der Waals surface area contributed by atoms with Crippen LogP contribution in [-0.2, 0) is 23.7 Å². The minimum absolute atomic E-state index is 0.0320. The summed E-state index contributed by atoms with van der Waals surface area (Å²) in [5.41, 5.74) is 17.0. The predicted molar refractivity (Wildman–Crippen MR) is 171 cm³/mol. The van der Waals surface area contributed by atoms with Crippen LogP contribution in [0.15, 0.2) is 11.8 Å². The Morgan fingerprint density at radius 3 is 2.66 bits per heavy atom. The maximum absolute atomic E-state index is 12.8. The van der Waals surface area contributed by atoms with Crippen LogP contribution >= 0.6 is 0 Å². The second-order valence-electron chi connectivity index (χ2n) is 13.5. The molecule has 2 saturated heterocycles. The summed E-state index contributed by atoms with van der Waals surface area (Å²) in [6.45, 7) is 5.70. The second kappa shape index (κ2) is 17.4. The molecule has 272 valence electrons. The largest absolute Gasteiger partial charge is 0.467 e. The number of nitrogens with one attached hydrogen (secondary N) is 4. The van der Waals surface area contributed by atoms with Gasteiger partial charge in [-0.1, -0.05) is 0 Å². The minimum Gasteiger partial charge on any atom is -0.467 e. The fraction of sp³-hybridized carbons (Fsp3) is 0.900. The van der Waals surface area contributed by atoms with Crippen molar-refractivity contribution in [1.82, 2.24) is 26.2 Å². The van der Waals surface area contributed by atoms with Gasteiger partial charge in [-0.25, -0.2) is 0 Å². The number of nitrogens with two attached hydrogens (primary N) is 3. The van der Waals surface area contributed by atoms with Crippen LogP contribution in [0.1, 0.15) is 32.6 Å². The summed E-state index contributed by atoms with van der Waals surface area (Å²) in [5, 5.41) is 56.0. The summed E-state index contributed by atoms with van der Waals surface area (Å²) >= 11 is 0. The van der Waals surface area contributed by atoms with Gasteiger partial charge in [-0.15, -0.1) is 0 Å². The molecule has 0 aromatic heterocycles. The van der Waals surface area contributed by atoms with Gasteiger partial charge in [-0.05, 0) is 65.9 Å². The number of amides is 1. The Morgan fingerprint density at radius 1 is 1.21 bits per heavy atom. The fourth-order valence-electron chi connectivity index (χ4n) is 6.75. The zero-order chi connectivity index (χ0) is 34.3. The monoisotopic (exact) mass is 674 g/mol. The molecule has 4 rings (SSSR count). The zero-order valence-corrected chi connectivity index (χ0v) is 27.8. The van der Waals surface area contributed by atoms with E-state index >= 15 is 0 Å². The Kier molecular flexibility index (Phi) is 14.2. The van der Waals surface area contributed by atoms with Gasteiger partial charge in [0.05, 0.1) is 31.3 Å². The number of aliphatic hydroxyl groups is 4. The van der Waals surface area contributed by atoms with Gasteiger partial charge in [0.15, 0.2) is 6.29 Å². The van der Waals surface area contributed by atoms with E-state index in [9.17, 15) is 25.2 Å². The molecule has 0 radical (unpaired) electrons. The Bertz CT molecular complexity index is 1030. The first-order chi connectivity index (χ1) is 22.4. The lowest BCUT2D eigenvalue weighted by atomic mass is 9.83. The molecule has 14 N–H and O–H groups in total. The van der Waals surface area contributed by atoms with Crippen LogP contribution in [0.2, 0.25) is 0 Å². The summed E-state index contributed by atoms with van der Waals surface area (Å²) in [7, 11) is 3.72. The van der Waals surface area contributed by atoms with Crippen molar-refractivity contribution in [3.05, 3.63) is 11.8 Å². The van der Waals surface area contributed by atoms with Crippen molar-refractivity contribution in [3.8, 4) is 0 Å². The van der Waals surface area contributed by atoms with Crippen molar-refractivity contribution in [2.24, 2.45) is 17.2 Å². The summed E-state index contributed by atoms with van der Waals surface area (Å²) in [6, 6.07) is -2.59. The highest BCUT2D eigenvalue weighted by molar-refractivity contribution is 5.80. The third-order valence-corrected chi connectivity index (χ3v) is 9.64. The smallest absolute Gasteiger partial charge is 0.249 e. The van der Waals surface area contributed by atoms with Crippen molar-refractivity contribution >= 4 is 5.91 Å². The molecule has 0 spiro atoms. The quantitative estimate of drug-likeness (QED) is 0.0770. The molecule has 0 bridgehead atoms. The van der Waals surface area contributed by atoms with E-state index in [0.29, 0.717) is 24.8 Å². The van der Waals surface area contributed by atoms with Crippen LogP contribution in [0.25, 0.3) is 0 Å². The molecular weight excluding hydrogens is 616 g/mol. The van der Waals surface area contributed by atoms with Crippen LogP contribution in [0.4, 0.5) is 0 Å². The average Bonchev–Trinajstić information content (AvgIpc) is 3.02. The van der Waals surface area contributed by atoms with E-state index in [-0.39, 0.29) is 26.0 Å². The molecular formula is C30H58N8O9. The lowest BCUT2D eigenvalue weighted by Crippen LogP contribution is -2.69. The van der Waals surface area contributed by atoms with Gasteiger partial charge >= 0.3 is 0 Å². The lowest BCUT2D eigenvalue weighted by molar-refractivity contribution is -0.304. The molecule has 3 heterocycles. The zero-order valence-electron chi connectivity index (χ0n) is 27.8. The van der Waals surface area contributed by atoms with Gasteiger partial charge in [0.1, 0.15) is 41.9 Å². The van der Waals surface area contributed by atoms with Crippen LogP contribution in [-0.4, -0.2) is 170 Å². The predicted octanol–water partition coefficient (Wildman–Crippen LogP) is -5.06.